The number of carbonyl (C=O) groups is 2. The van der Waals surface area contributed by atoms with Gasteiger partial charge in [-0.3, -0.25) is 4.79 Å². The van der Waals surface area contributed by atoms with E-state index in [1.807, 2.05) is 13.8 Å². The lowest BCUT2D eigenvalue weighted by atomic mass is 9.97. The standard InChI is InChI=1S/C14H23NO5/c1-12(2,3)20-11(17)15-10(16)6-7-14(15)8-18-13(4,5)19-9-14/h6-9H2,1-5H3. The van der Waals surface area contributed by atoms with Gasteiger partial charge < -0.3 is 14.2 Å². The minimum Gasteiger partial charge on any atom is -0.443 e. The Morgan fingerprint density at radius 3 is 2.30 bits per heavy atom. The maximum Gasteiger partial charge on any atom is 0.417 e. The highest BCUT2D eigenvalue weighted by molar-refractivity contribution is 5.95. The lowest BCUT2D eigenvalue weighted by molar-refractivity contribution is -0.279. The fourth-order valence-corrected chi connectivity index (χ4v) is 2.40. The van der Waals surface area contributed by atoms with Crippen molar-refractivity contribution >= 4 is 12.0 Å². The minimum atomic E-state index is -0.727. The first-order chi connectivity index (χ1) is 9.05. The molecule has 0 radical (unpaired) electrons. The number of hydrogen-bond donors (Lipinski definition) is 0. The summed E-state index contributed by atoms with van der Waals surface area (Å²) in [6, 6.07) is 0. The van der Waals surface area contributed by atoms with Crippen LogP contribution in [0.4, 0.5) is 4.79 Å². The molecule has 2 saturated heterocycles. The highest BCUT2D eigenvalue weighted by atomic mass is 16.7. The predicted octanol–water partition coefficient (Wildman–Crippen LogP) is 2.07. The lowest BCUT2D eigenvalue weighted by Crippen LogP contribution is -2.61. The van der Waals surface area contributed by atoms with Gasteiger partial charge in [0.25, 0.3) is 0 Å². The largest absolute Gasteiger partial charge is 0.443 e. The average molecular weight is 285 g/mol. The molecule has 0 aromatic heterocycles. The van der Waals surface area contributed by atoms with Gasteiger partial charge in [0.2, 0.25) is 5.91 Å². The number of nitrogens with zero attached hydrogens (tertiary/aromatic N) is 1. The minimum absolute atomic E-state index is 0.230. The molecule has 0 saturated carbocycles. The third kappa shape index (κ3) is 2.96. The number of likely N-dealkylation sites (tertiary alicyclic amines) is 1. The van der Waals surface area contributed by atoms with Crippen LogP contribution in [0.2, 0.25) is 0 Å². The van der Waals surface area contributed by atoms with Gasteiger partial charge in [-0.1, -0.05) is 0 Å². The van der Waals surface area contributed by atoms with Gasteiger partial charge in [-0.15, -0.1) is 0 Å². The van der Waals surface area contributed by atoms with Crippen LogP contribution in [0.5, 0.6) is 0 Å². The van der Waals surface area contributed by atoms with E-state index in [0.29, 0.717) is 12.8 Å². The monoisotopic (exact) mass is 285 g/mol. The van der Waals surface area contributed by atoms with Crippen molar-refractivity contribution in [2.24, 2.45) is 0 Å². The summed E-state index contributed by atoms with van der Waals surface area (Å²) in [5.41, 5.74) is -1.37. The highest BCUT2D eigenvalue weighted by Crippen LogP contribution is 2.37. The van der Waals surface area contributed by atoms with Crippen LogP contribution < -0.4 is 0 Å². The molecule has 0 bridgehead atoms. The summed E-state index contributed by atoms with van der Waals surface area (Å²) in [6.45, 7) is 9.51. The molecule has 2 heterocycles. The van der Waals surface area contributed by atoms with Crippen LogP contribution in [0.25, 0.3) is 0 Å². The Hall–Kier alpha value is -1.14. The van der Waals surface area contributed by atoms with E-state index in [4.69, 9.17) is 14.2 Å². The zero-order valence-corrected chi connectivity index (χ0v) is 12.8. The van der Waals surface area contributed by atoms with E-state index in [2.05, 4.69) is 0 Å². The average Bonchev–Trinajstić information content (AvgIpc) is 2.59. The lowest BCUT2D eigenvalue weighted by Gasteiger charge is -2.44. The van der Waals surface area contributed by atoms with Crippen molar-refractivity contribution < 1.29 is 23.8 Å². The van der Waals surface area contributed by atoms with Gasteiger partial charge in [0.15, 0.2) is 5.79 Å². The molecule has 0 aromatic rings. The topological polar surface area (TPSA) is 65.1 Å². The van der Waals surface area contributed by atoms with Crippen molar-refractivity contribution in [1.82, 2.24) is 4.90 Å². The normalized spacial score (nSPS) is 25.1. The first-order valence-electron chi connectivity index (χ1n) is 6.89. The summed E-state index contributed by atoms with van der Waals surface area (Å²) in [7, 11) is 0. The Morgan fingerprint density at radius 2 is 1.80 bits per heavy atom. The number of amides is 2. The molecular weight excluding hydrogens is 262 g/mol. The first-order valence-corrected chi connectivity index (χ1v) is 6.89. The fourth-order valence-electron chi connectivity index (χ4n) is 2.40. The van der Waals surface area contributed by atoms with Crippen molar-refractivity contribution in [3.05, 3.63) is 0 Å². The van der Waals surface area contributed by atoms with Crippen LogP contribution in [0.3, 0.4) is 0 Å². The third-order valence-electron chi connectivity index (χ3n) is 3.48. The molecule has 1 spiro atoms. The molecule has 0 unspecified atom stereocenters. The van der Waals surface area contributed by atoms with Gasteiger partial charge in [-0.05, 0) is 41.0 Å². The number of hydrogen-bond acceptors (Lipinski definition) is 5. The number of carbonyl (C=O) groups excluding carboxylic acids is 2. The number of ether oxygens (including phenoxy) is 3. The summed E-state index contributed by atoms with van der Waals surface area (Å²) in [5, 5.41) is 0. The van der Waals surface area contributed by atoms with Crippen LogP contribution >= 0.6 is 0 Å². The second kappa shape index (κ2) is 4.70. The smallest absolute Gasteiger partial charge is 0.417 e. The zero-order chi connectivity index (χ0) is 15.2. The molecule has 6 heteroatoms. The zero-order valence-electron chi connectivity index (χ0n) is 12.8. The molecule has 0 atom stereocenters. The van der Waals surface area contributed by atoms with Crippen LogP contribution in [-0.4, -0.2) is 47.0 Å². The van der Waals surface area contributed by atoms with Crippen molar-refractivity contribution in [2.45, 2.75) is 64.4 Å². The fraction of sp³-hybridized carbons (Fsp3) is 0.857. The molecule has 114 valence electrons. The Bertz CT molecular complexity index is 414. The van der Waals surface area contributed by atoms with E-state index >= 15 is 0 Å². The third-order valence-corrected chi connectivity index (χ3v) is 3.48. The summed E-state index contributed by atoms with van der Waals surface area (Å²) in [4.78, 5) is 25.5. The van der Waals surface area contributed by atoms with E-state index in [9.17, 15) is 9.59 Å². The molecule has 6 nitrogen and oxygen atoms in total. The molecule has 0 N–H and O–H groups in total. The second-order valence-corrected chi connectivity index (χ2v) is 6.91. The Morgan fingerprint density at radius 1 is 1.25 bits per heavy atom. The first kappa shape index (κ1) is 15.3. The van der Waals surface area contributed by atoms with Gasteiger partial charge in [-0.2, -0.15) is 0 Å². The summed E-state index contributed by atoms with van der Waals surface area (Å²) < 4.78 is 16.6. The second-order valence-electron chi connectivity index (χ2n) is 6.91. The molecule has 2 amide bonds. The molecule has 2 aliphatic heterocycles. The summed E-state index contributed by atoms with van der Waals surface area (Å²) in [6.07, 6.45) is 0.236. The number of imide groups is 1. The van der Waals surface area contributed by atoms with Crippen LogP contribution in [0.15, 0.2) is 0 Å². The number of rotatable bonds is 0. The van der Waals surface area contributed by atoms with Gasteiger partial charge in [-0.25, -0.2) is 9.69 Å². The van der Waals surface area contributed by atoms with E-state index in [0.717, 1.165) is 0 Å². The maximum atomic E-state index is 12.3. The van der Waals surface area contributed by atoms with Crippen LogP contribution in [-0.2, 0) is 19.0 Å². The molecule has 0 aliphatic carbocycles. The van der Waals surface area contributed by atoms with Gasteiger partial charge in [0.05, 0.1) is 13.2 Å². The highest BCUT2D eigenvalue weighted by Gasteiger charge is 2.54. The Balaban J connectivity index is 2.17. The molecule has 20 heavy (non-hydrogen) atoms. The maximum absolute atomic E-state index is 12.3. The van der Waals surface area contributed by atoms with Gasteiger partial charge in [0.1, 0.15) is 11.1 Å². The van der Waals surface area contributed by atoms with Crippen molar-refractivity contribution in [2.75, 3.05) is 13.2 Å². The van der Waals surface area contributed by atoms with E-state index in [1.54, 1.807) is 20.8 Å². The van der Waals surface area contributed by atoms with E-state index < -0.39 is 23.0 Å². The summed E-state index contributed by atoms with van der Waals surface area (Å²) >= 11 is 0. The summed E-state index contributed by atoms with van der Waals surface area (Å²) in [5.74, 6) is -0.914. The quantitative estimate of drug-likeness (QED) is 0.681. The Labute approximate surface area is 119 Å². The van der Waals surface area contributed by atoms with Crippen molar-refractivity contribution in [3.8, 4) is 0 Å². The van der Waals surface area contributed by atoms with Gasteiger partial charge in [0, 0.05) is 6.42 Å². The van der Waals surface area contributed by atoms with E-state index in [1.165, 1.54) is 4.90 Å². The molecule has 2 fully saturated rings. The van der Waals surface area contributed by atoms with E-state index in [-0.39, 0.29) is 19.1 Å². The molecular formula is C14H23NO5. The predicted molar refractivity (Wildman–Crippen MR) is 71.0 cm³/mol. The SMILES string of the molecule is CC(C)(C)OC(=O)N1C(=O)CCC12COC(C)(C)OC2. The van der Waals surface area contributed by atoms with Crippen molar-refractivity contribution in [3.63, 3.8) is 0 Å². The Kier molecular flexibility index (Phi) is 3.59. The van der Waals surface area contributed by atoms with Crippen LogP contribution in [0.1, 0.15) is 47.5 Å². The molecule has 0 aromatic carbocycles. The van der Waals surface area contributed by atoms with Gasteiger partial charge >= 0.3 is 6.09 Å². The molecule has 2 aliphatic rings. The van der Waals surface area contributed by atoms with Crippen LogP contribution in [0, 0.1) is 0 Å². The van der Waals surface area contributed by atoms with Crippen molar-refractivity contribution in [1.29, 1.82) is 0 Å². The molecule has 2 rings (SSSR count).